The largest absolute Gasteiger partial charge is 0.435 e. The number of nitrogens with zero attached hydrogens (tertiary/aromatic N) is 1. The van der Waals surface area contributed by atoms with E-state index in [2.05, 4.69) is 26.0 Å². The molecule has 1 aliphatic heterocycles. The summed E-state index contributed by atoms with van der Waals surface area (Å²) in [4.78, 5) is 14.2. The number of benzene rings is 2. The molecule has 5 nitrogen and oxygen atoms in total. The zero-order valence-electron chi connectivity index (χ0n) is 15.1. The highest BCUT2D eigenvalue weighted by atomic mass is 79.9. The van der Waals surface area contributed by atoms with E-state index >= 15 is 0 Å². The Hall–Kier alpha value is -2.19. The van der Waals surface area contributed by atoms with Gasteiger partial charge in [-0.2, -0.15) is 8.78 Å². The Labute approximate surface area is 170 Å². The standard InChI is InChI=1S/C20H21BrF2N2O3/c21-16-3-1-2-15(12-16)18-13-25(10-11-27-18)20(26)24-9-8-14-4-6-17(7-5-14)28-19(22)23/h1-7,12,18-19H,8-11,13H2,(H,24,26). The highest BCUT2D eigenvalue weighted by Crippen LogP contribution is 2.24. The topological polar surface area (TPSA) is 50.8 Å². The maximum atomic E-state index is 12.5. The number of halogens is 3. The van der Waals surface area contributed by atoms with Crippen LogP contribution in [-0.4, -0.2) is 43.8 Å². The summed E-state index contributed by atoms with van der Waals surface area (Å²) in [5, 5.41) is 2.90. The molecule has 0 bridgehead atoms. The first-order chi connectivity index (χ1) is 13.5. The summed E-state index contributed by atoms with van der Waals surface area (Å²) in [5.41, 5.74) is 1.95. The van der Waals surface area contributed by atoms with Gasteiger partial charge in [-0.15, -0.1) is 0 Å². The van der Waals surface area contributed by atoms with Gasteiger partial charge in [0.25, 0.3) is 0 Å². The average molecular weight is 455 g/mol. The summed E-state index contributed by atoms with van der Waals surface area (Å²) < 4.78 is 35.4. The van der Waals surface area contributed by atoms with E-state index in [4.69, 9.17) is 4.74 Å². The lowest BCUT2D eigenvalue weighted by Crippen LogP contribution is -2.47. The molecule has 8 heteroatoms. The SMILES string of the molecule is O=C(NCCc1ccc(OC(F)F)cc1)N1CCOC(c2cccc(Br)c2)C1. The van der Waals surface area contributed by atoms with Crippen molar-refractivity contribution in [2.45, 2.75) is 19.1 Å². The van der Waals surface area contributed by atoms with Crippen LogP contribution in [0.2, 0.25) is 0 Å². The molecule has 1 saturated heterocycles. The molecule has 1 unspecified atom stereocenters. The van der Waals surface area contributed by atoms with Gasteiger partial charge in [-0.3, -0.25) is 0 Å². The summed E-state index contributed by atoms with van der Waals surface area (Å²) in [6, 6.07) is 14.1. The van der Waals surface area contributed by atoms with Gasteiger partial charge < -0.3 is 19.7 Å². The molecule has 2 aromatic rings. The summed E-state index contributed by atoms with van der Waals surface area (Å²) in [5.74, 6) is 0.120. The fourth-order valence-electron chi connectivity index (χ4n) is 3.01. The van der Waals surface area contributed by atoms with Crippen LogP contribution in [0.15, 0.2) is 53.0 Å². The molecule has 28 heavy (non-hydrogen) atoms. The van der Waals surface area contributed by atoms with Crippen molar-refractivity contribution < 1.29 is 23.0 Å². The van der Waals surface area contributed by atoms with Crippen LogP contribution in [0.5, 0.6) is 5.75 Å². The fraction of sp³-hybridized carbons (Fsp3) is 0.350. The van der Waals surface area contributed by atoms with Crippen LogP contribution in [0.4, 0.5) is 13.6 Å². The fourth-order valence-corrected chi connectivity index (χ4v) is 3.42. The van der Waals surface area contributed by atoms with Crippen molar-refractivity contribution in [1.82, 2.24) is 10.2 Å². The molecule has 150 valence electrons. The first-order valence-corrected chi connectivity index (χ1v) is 9.74. The van der Waals surface area contributed by atoms with Crippen LogP contribution in [0.25, 0.3) is 0 Å². The lowest BCUT2D eigenvalue weighted by atomic mass is 10.1. The van der Waals surface area contributed by atoms with Crippen molar-refractivity contribution in [2.24, 2.45) is 0 Å². The third-order valence-corrected chi connectivity index (χ3v) is 4.91. The molecule has 3 rings (SSSR count). The third-order valence-electron chi connectivity index (χ3n) is 4.41. The second-order valence-corrected chi connectivity index (χ2v) is 7.28. The number of hydrogen-bond acceptors (Lipinski definition) is 3. The van der Waals surface area contributed by atoms with E-state index in [0.29, 0.717) is 32.7 Å². The molecule has 1 fully saturated rings. The molecule has 0 radical (unpaired) electrons. The van der Waals surface area contributed by atoms with Crippen LogP contribution < -0.4 is 10.1 Å². The molecule has 1 heterocycles. The molecule has 2 amide bonds. The van der Waals surface area contributed by atoms with Gasteiger partial charge in [-0.05, 0) is 41.8 Å². The van der Waals surface area contributed by atoms with Gasteiger partial charge >= 0.3 is 12.6 Å². The second kappa shape index (κ2) is 9.84. The zero-order valence-corrected chi connectivity index (χ0v) is 16.7. The van der Waals surface area contributed by atoms with Crippen LogP contribution >= 0.6 is 15.9 Å². The quantitative estimate of drug-likeness (QED) is 0.704. The highest BCUT2D eigenvalue weighted by molar-refractivity contribution is 9.10. The van der Waals surface area contributed by atoms with E-state index in [1.807, 2.05) is 24.3 Å². The summed E-state index contributed by atoms with van der Waals surface area (Å²) in [7, 11) is 0. The van der Waals surface area contributed by atoms with E-state index < -0.39 is 6.61 Å². The smallest absolute Gasteiger partial charge is 0.387 e. The van der Waals surface area contributed by atoms with Crippen molar-refractivity contribution in [3.63, 3.8) is 0 Å². The molecular formula is C20H21BrF2N2O3. The number of nitrogens with one attached hydrogen (secondary N) is 1. The zero-order chi connectivity index (χ0) is 19.9. The van der Waals surface area contributed by atoms with E-state index in [0.717, 1.165) is 15.6 Å². The molecule has 1 N–H and O–H groups in total. The molecule has 0 aromatic heterocycles. The Morgan fingerprint density at radius 3 is 2.79 bits per heavy atom. The van der Waals surface area contributed by atoms with E-state index in [1.165, 1.54) is 12.1 Å². The predicted molar refractivity (Wildman–Crippen MR) is 105 cm³/mol. The van der Waals surface area contributed by atoms with Gasteiger partial charge in [-0.1, -0.05) is 40.2 Å². The molecule has 1 atom stereocenters. The Bertz CT molecular complexity index is 789. The molecule has 0 aliphatic carbocycles. The van der Waals surface area contributed by atoms with Gasteiger partial charge in [0.15, 0.2) is 0 Å². The highest BCUT2D eigenvalue weighted by Gasteiger charge is 2.25. The number of amides is 2. The van der Waals surface area contributed by atoms with Crippen molar-refractivity contribution in [3.05, 3.63) is 64.1 Å². The molecule has 0 saturated carbocycles. The van der Waals surface area contributed by atoms with Crippen LogP contribution in [0.1, 0.15) is 17.2 Å². The third kappa shape index (κ3) is 5.90. The van der Waals surface area contributed by atoms with E-state index in [-0.39, 0.29) is 17.9 Å². The first-order valence-electron chi connectivity index (χ1n) is 8.95. The maximum Gasteiger partial charge on any atom is 0.387 e. The van der Waals surface area contributed by atoms with Gasteiger partial charge in [0.2, 0.25) is 0 Å². The molecular weight excluding hydrogens is 434 g/mol. The van der Waals surface area contributed by atoms with Crippen LogP contribution in [0.3, 0.4) is 0 Å². The normalized spacial score (nSPS) is 16.9. The first kappa shape index (κ1) is 20.5. The lowest BCUT2D eigenvalue weighted by molar-refractivity contribution is -0.0498. The number of hydrogen-bond donors (Lipinski definition) is 1. The minimum atomic E-state index is -2.83. The number of carbonyl (C=O) groups excluding carboxylic acids is 1. The van der Waals surface area contributed by atoms with Crippen molar-refractivity contribution in [1.29, 1.82) is 0 Å². The predicted octanol–water partition coefficient (Wildman–Crippen LogP) is 4.38. The number of ether oxygens (including phenoxy) is 2. The van der Waals surface area contributed by atoms with Gasteiger partial charge in [-0.25, -0.2) is 4.79 Å². The Morgan fingerprint density at radius 1 is 1.29 bits per heavy atom. The lowest BCUT2D eigenvalue weighted by Gasteiger charge is -2.33. The number of rotatable bonds is 6. The Kier molecular flexibility index (Phi) is 7.22. The van der Waals surface area contributed by atoms with Gasteiger partial charge in [0.1, 0.15) is 11.9 Å². The Morgan fingerprint density at radius 2 is 2.07 bits per heavy atom. The second-order valence-electron chi connectivity index (χ2n) is 6.36. The van der Waals surface area contributed by atoms with Gasteiger partial charge in [0.05, 0.1) is 13.2 Å². The summed E-state index contributed by atoms with van der Waals surface area (Å²) in [6.07, 6.45) is 0.444. The van der Waals surface area contributed by atoms with E-state index in [9.17, 15) is 13.6 Å². The van der Waals surface area contributed by atoms with Crippen molar-refractivity contribution in [3.8, 4) is 5.75 Å². The maximum absolute atomic E-state index is 12.5. The minimum absolute atomic E-state index is 0.120. The monoisotopic (exact) mass is 454 g/mol. The number of alkyl halides is 2. The van der Waals surface area contributed by atoms with Crippen LogP contribution in [0, 0.1) is 0 Å². The van der Waals surface area contributed by atoms with E-state index in [1.54, 1.807) is 17.0 Å². The van der Waals surface area contributed by atoms with Crippen molar-refractivity contribution in [2.75, 3.05) is 26.2 Å². The van der Waals surface area contributed by atoms with Gasteiger partial charge in [0, 0.05) is 17.6 Å². The summed E-state index contributed by atoms with van der Waals surface area (Å²) in [6.45, 7) is -0.875. The summed E-state index contributed by atoms with van der Waals surface area (Å²) >= 11 is 3.45. The minimum Gasteiger partial charge on any atom is -0.435 e. The number of morpholine rings is 1. The molecule has 1 aliphatic rings. The molecule has 2 aromatic carbocycles. The molecule has 0 spiro atoms. The van der Waals surface area contributed by atoms with Crippen LogP contribution in [-0.2, 0) is 11.2 Å². The number of carbonyl (C=O) groups is 1. The van der Waals surface area contributed by atoms with Crippen molar-refractivity contribution >= 4 is 22.0 Å². The average Bonchev–Trinajstić information content (AvgIpc) is 2.69. The Balaban J connectivity index is 1.46. The number of urea groups is 1.